The van der Waals surface area contributed by atoms with Crippen molar-refractivity contribution in [3.8, 4) is 0 Å². The molecule has 0 rings (SSSR count). The Balaban J connectivity index is 3.54. The topological polar surface area (TPSA) is 40.5 Å². The van der Waals surface area contributed by atoms with Crippen LogP contribution in [0.25, 0.3) is 0 Å². The number of aliphatic hydroxyl groups is 2. The maximum atomic E-state index is 9.60. The quantitative estimate of drug-likeness (QED) is 0.444. The smallest absolute Gasteiger partial charge is 0.0721 e. The Labute approximate surface area is 100 Å². The van der Waals surface area contributed by atoms with Crippen LogP contribution in [0, 0.1) is 0 Å². The van der Waals surface area contributed by atoms with Gasteiger partial charge in [0.15, 0.2) is 0 Å². The number of rotatable bonds is 10. The second kappa shape index (κ2) is 11.2. The zero-order valence-corrected chi connectivity index (χ0v) is 10.9. The van der Waals surface area contributed by atoms with Crippen LogP contribution in [0.3, 0.4) is 0 Å². The van der Waals surface area contributed by atoms with Gasteiger partial charge in [-0.05, 0) is 12.8 Å². The zero-order valence-electron chi connectivity index (χ0n) is 10.9. The van der Waals surface area contributed by atoms with E-state index in [0.29, 0.717) is 0 Å². The molecule has 0 aromatic rings. The van der Waals surface area contributed by atoms with Crippen molar-refractivity contribution >= 4 is 0 Å². The van der Waals surface area contributed by atoms with E-state index in [4.69, 9.17) is 0 Å². The van der Waals surface area contributed by atoms with Gasteiger partial charge in [-0.15, -0.1) is 0 Å². The first-order chi connectivity index (χ1) is 7.70. The van der Waals surface area contributed by atoms with Crippen molar-refractivity contribution in [1.82, 2.24) is 0 Å². The van der Waals surface area contributed by atoms with E-state index in [1.54, 1.807) is 12.2 Å². The molecule has 16 heavy (non-hydrogen) atoms. The van der Waals surface area contributed by atoms with Crippen LogP contribution in [0.1, 0.15) is 65.2 Å². The number of aliphatic hydroxyl groups excluding tert-OH is 2. The molecule has 2 atom stereocenters. The predicted molar refractivity (Wildman–Crippen MR) is 69.4 cm³/mol. The van der Waals surface area contributed by atoms with Gasteiger partial charge in [0.2, 0.25) is 0 Å². The molecule has 0 heterocycles. The highest BCUT2D eigenvalue weighted by Crippen LogP contribution is 2.07. The van der Waals surface area contributed by atoms with Crippen LogP contribution in [0.2, 0.25) is 0 Å². The Bertz CT molecular complexity index is 148. The summed E-state index contributed by atoms with van der Waals surface area (Å²) in [5.41, 5.74) is 0. The number of unbranched alkanes of at least 4 members (excludes halogenated alkanes) is 4. The van der Waals surface area contributed by atoms with Crippen LogP contribution in [-0.4, -0.2) is 22.4 Å². The van der Waals surface area contributed by atoms with E-state index in [-0.39, 0.29) is 12.2 Å². The molecule has 0 saturated heterocycles. The first-order valence-corrected chi connectivity index (χ1v) is 6.75. The van der Waals surface area contributed by atoms with E-state index in [1.807, 2.05) is 0 Å². The fourth-order valence-electron chi connectivity index (χ4n) is 1.66. The molecule has 2 N–H and O–H groups in total. The Hall–Kier alpha value is -0.340. The molecule has 0 amide bonds. The third kappa shape index (κ3) is 10.2. The minimum Gasteiger partial charge on any atom is -0.389 e. The Morgan fingerprint density at radius 2 is 1.12 bits per heavy atom. The van der Waals surface area contributed by atoms with Crippen LogP contribution < -0.4 is 0 Å². The number of hydrogen-bond acceptors (Lipinski definition) is 2. The lowest BCUT2D eigenvalue weighted by molar-refractivity contribution is 0.192. The summed E-state index contributed by atoms with van der Waals surface area (Å²) in [5, 5.41) is 19.2. The summed E-state index contributed by atoms with van der Waals surface area (Å²) in [6, 6.07) is 0. The molecule has 0 bridgehead atoms. The van der Waals surface area contributed by atoms with Gasteiger partial charge in [0.25, 0.3) is 0 Å². The summed E-state index contributed by atoms with van der Waals surface area (Å²) in [6.45, 7) is 4.30. The van der Waals surface area contributed by atoms with Crippen LogP contribution in [0.4, 0.5) is 0 Å². The van der Waals surface area contributed by atoms with Crippen molar-refractivity contribution in [1.29, 1.82) is 0 Å². The Morgan fingerprint density at radius 1 is 0.750 bits per heavy atom. The van der Waals surface area contributed by atoms with Gasteiger partial charge < -0.3 is 10.2 Å². The minimum absolute atomic E-state index is 0.382. The highest BCUT2D eigenvalue weighted by Gasteiger charge is 2.01. The summed E-state index contributed by atoms with van der Waals surface area (Å²) in [4.78, 5) is 0. The van der Waals surface area contributed by atoms with Gasteiger partial charge in [0.05, 0.1) is 12.2 Å². The van der Waals surface area contributed by atoms with E-state index < -0.39 is 0 Å². The van der Waals surface area contributed by atoms with Crippen LogP contribution in [0.5, 0.6) is 0 Å². The third-order valence-corrected chi connectivity index (χ3v) is 2.76. The molecule has 0 aromatic carbocycles. The predicted octanol–water partition coefficient (Wildman–Crippen LogP) is 3.43. The molecular weight excluding hydrogens is 200 g/mol. The second-order valence-corrected chi connectivity index (χ2v) is 4.51. The van der Waals surface area contributed by atoms with Gasteiger partial charge in [-0.25, -0.2) is 0 Å². The van der Waals surface area contributed by atoms with Gasteiger partial charge in [0.1, 0.15) is 0 Å². The number of hydrogen-bond donors (Lipinski definition) is 2. The van der Waals surface area contributed by atoms with E-state index in [0.717, 1.165) is 25.7 Å². The molecule has 0 aliphatic carbocycles. The standard InChI is InChI=1S/C14H28O2/c1-3-5-7-9-13(15)11-12-14(16)10-8-6-4-2/h11-16H,3-10H2,1-2H3/b12-11-/t13-,14-/m0/s1. The van der Waals surface area contributed by atoms with Gasteiger partial charge in [-0.1, -0.05) is 64.5 Å². The van der Waals surface area contributed by atoms with Crippen molar-refractivity contribution in [2.45, 2.75) is 77.4 Å². The van der Waals surface area contributed by atoms with Gasteiger partial charge in [-0.3, -0.25) is 0 Å². The lowest BCUT2D eigenvalue weighted by atomic mass is 10.1. The summed E-state index contributed by atoms with van der Waals surface area (Å²) >= 11 is 0. The molecule has 96 valence electrons. The van der Waals surface area contributed by atoms with E-state index >= 15 is 0 Å². The van der Waals surface area contributed by atoms with Crippen molar-refractivity contribution < 1.29 is 10.2 Å². The highest BCUT2D eigenvalue weighted by atomic mass is 16.3. The monoisotopic (exact) mass is 228 g/mol. The molecule has 0 aliphatic rings. The van der Waals surface area contributed by atoms with Crippen molar-refractivity contribution in [2.24, 2.45) is 0 Å². The van der Waals surface area contributed by atoms with Crippen molar-refractivity contribution in [2.75, 3.05) is 0 Å². The van der Waals surface area contributed by atoms with Gasteiger partial charge in [0, 0.05) is 0 Å². The molecule has 0 radical (unpaired) electrons. The normalized spacial score (nSPS) is 15.5. The second-order valence-electron chi connectivity index (χ2n) is 4.51. The molecule has 2 heteroatoms. The first-order valence-electron chi connectivity index (χ1n) is 6.75. The van der Waals surface area contributed by atoms with Crippen molar-refractivity contribution in [3.63, 3.8) is 0 Å². The highest BCUT2D eigenvalue weighted by molar-refractivity contribution is 4.93. The maximum Gasteiger partial charge on any atom is 0.0721 e. The average Bonchev–Trinajstić information content (AvgIpc) is 2.27. The zero-order chi connectivity index (χ0) is 12.2. The lowest BCUT2D eigenvalue weighted by Gasteiger charge is -2.07. The summed E-state index contributed by atoms with van der Waals surface area (Å²) in [6.07, 6.45) is 11.2. The van der Waals surface area contributed by atoms with Gasteiger partial charge in [-0.2, -0.15) is 0 Å². The minimum atomic E-state index is -0.382. The molecule has 0 aliphatic heterocycles. The molecule has 0 aromatic heterocycles. The summed E-state index contributed by atoms with van der Waals surface area (Å²) < 4.78 is 0. The summed E-state index contributed by atoms with van der Waals surface area (Å²) in [7, 11) is 0. The van der Waals surface area contributed by atoms with Crippen molar-refractivity contribution in [3.05, 3.63) is 12.2 Å². The SMILES string of the molecule is CCCCC[C@H](O)/C=C\[C@@H](O)CCCCC. The Kier molecular flexibility index (Phi) is 10.9. The molecular formula is C14H28O2. The Morgan fingerprint density at radius 3 is 1.44 bits per heavy atom. The fourth-order valence-corrected chi connectivity index (χ4v) is 1.66. The van der Waals surface area contributed by atoms with E-state index in [9.17, 15) is 10.2 Å². The molecule has 2 nitrogen and oxygen atoms in total. The van der Waals surface area contributed by atoms with Crippen LogP contribution in [-0.2, 0) is 0 Å². The molecule has 0 spiro atoms. The average molecular weight is 228 g/mol. The first kappa shape index (κ1) is 15.7. The lowest BCUT2D eigenvalue weighted by Crippen LogP contribution is -2.06. The largest absolute Gasteiger partial charge is 0.389 e. The van der Waals surface area contributed by atoms with Crippen LogP contribution >= 0.6 is 0 Å². The third-order valence-electron chi connectivity index (χ3n) is 2.76. The van der Waals surface area contributed by atoms with E-state index in [2.05, 4.69) is 13.8 Å². The molecule has 0 fully saturated rings. The van der Waals surface area contributed by atoms with E-state index in [1.165, 1.54) is 25.7 Å². The molecule has 0 saturated carbocycles. The maximum absolute atomic E-state index is 9.60. The van der Waals surface area contributed by atoms with Crippen LogP contribution in [0.15, 0.2) is 12.2 Å². The van der Waals surface area contributed by atoms with Gasteiger partial charge >= 0.3 is 0 Å². The fraction of sp³-hybridized carbons (Fsp3) is 0.857. The summed E-state index contributed by atoms with van der Waals surface area (Å²) in [5.74, 6) is 0. The molecule has 0 unspecified atom stereocenters.